The molecular weight excluding hydrogens is 340 g/mol. The van der Waals surface area contributed by atoms with Crippen molar-refractivity contribution in [3.8, 4) is 5.75 Å². The molecule has 2 aromatic rings. The van der Waals surface area contributed by atoms with Crippen LogP contribution in [0.4, 0.5) is 4.79 Å². The first-order valence-electron chi connectivity index (χ1n) is 9.34. The second-order valence-electron chi connectivity index (χ2n) is 7.35. The summed E-state index contributed by atoms with van der Waals surface area (Å²) in [5, 5.41) is 5.72. The molecule has 2 N–H and O–H groups in total. The average Bonchev–Trinajstić information content (AvgIpc) is 2.65. The zero-order valence-electron chi connectivity index (χ0n) is 16.5. The van der Waals surface area contributed by atoms with E-state index in [1.54, 1.807) is 0 Å². The second-order valence-corrected chi connectivity index (χ2v) is 7.35. The predicted octanol–water partition coefficient (Wildman–Crippen LogP) is 4.27. The van der Waals surface area contributed by atoms with Gasteiger partial charge in [-0.25, -0.2) is 4.79 Å². The smallest absolute Gasteiger partial charge is 0.315 e. The van der Waals surface area contributed by atoms with Crippen LogP contribution in [0.2, 0.25) is 0 Å². The summed E-state index contributed by atoms with van der Waals surface area (Å²) in [6.45, 7) is 8.29. The van der Waals surface area contributed by atoms with E-state index in [9.17, 15) is 4.79 Å². The van der Waals surface area contributed by atoms with Crippen LogP contribution in [0.15, 0.2) is 54.6 Å². The molecule has 0 saturated carbocycles. The van der Waals surface area contributed by atoms with Gasteiger partial charge in [0.25, 0.3) is 0 Å². The third kappa shape index (κ3) is 9.11. The fourth-order valence-electron chi connectivity index (χ4n) is 2.35. The average molecular weight is 370 g/mol. The fraction of sp³-hybridized carbons (Fsp3) is 0.409. The maximum Gasteiger partial charge on any atom is 0.315 e. The molecule has 0 aliphatic rings. The van der Waals surface area contributed by atoms with Crippen molar-refractivity contribution < 1.29 is 14.3 Å². The molecule has 2 amide bonds. The van der Waals surface area contributed by atoms with Gasteiger partial charge in [-0.3, -0.25) is 0 Å². The number of hydrogen-bond acceptors (Lipinski definition) is 3. The lowest BCUT2D eigenvalue weighted by molar-refractivity contribution is -0.0149. The minimum absolute atomic E-state index is 0.168. The van der Waals surface area contributed by atoms with Gasteiger partial charge in [0.05, 0.1) is 18.8 Å². The van der Waals surface area contributed by atoms with E-state index < -0.39 is 0 Å². The van der Waals surface area contributed by atoms with Gasteiger partial charge >= 0.3 is 6.03 Å². The van der Waals surface area contributed by atoms with Gasteiger partial charge in [0, 0.05) is 13.1 Å². The Labute approximate surface area is 162 Å². The van der Waals surface area contributed by atoms with Gasteiger partial charge in [-0.2, -0.15) is 0 Å². The zero-order valence-corrected chi connectivity index (χ0v) is 16.5. The standard InChI is InChI=1S/C22H30N2O3/c1-22(2,3)27-17-19-10-7-9-18(15-19)16-24-21(25)23-13-8-14-26-20-11-5-4-6-12-20/h4-7,9-12,15H,8,13-14,16-17H2,1-3H3,(H2,23,24,25). The summed E-state index contributed by atoms with van der Waals surface area (Å²) in [6.07, 6.45) is 0.752. The van der Waals surface area contributed by atoms with Crippen LogP contribution < -0.4 is 15.4 Å². The Hall–Kier alpha value is -2.53. The van der Waals surface area contributed by atoms with Crippen molar-refractivity contribution in [2.45, 2.75) is 45.9 Å². The van der Waals surface area contributed by atoms with E-state index in [0.717, 1.165) is 23.3 Å². The van der Waals surface area contributed by atoms with Crippen molar-refractivity contribution in [1.82, 2.24) is 10.6 Å². The van der Waals surface area contributed by atoms with E-state index in [2.05, 4.69) is 16.7 Å². The molecule has 0 heterocycles. The van der Waals surface area contributed by atoms with Crippen molar-refractivity contribution in [2.75, 3.05) is 13.2 Å². The highest BCUT2D eigenvalue weighted by Crippen LogP contribution is 2.13. The predicted molar refractivity (Wildman–Crippen MR) is 108 cm³/mol. The minimum Gasteiger partial charge on any atom is -0.494 e. The maximum atomic E-state index is 11.9. The number of carbonyl (C=O) groups excluding carboxylic acids is 1. The molecule has 146 valence electrons. The van der Waals surface area contributed by atoms with E-state index in [1.807, 2.05) is 69.3 Å². The molecule has 0 bridgehead atoms. The molecule has 0 saturated heterocycles. The molecule has 0 atom stereocenters. The number of hydrogen-bond donors (Lipinski definition) is 2. The Balaban J connectivity index is 1.62. The number of para-hydroxylation sites is 1. The Bertz CT molecular complexity index is 696. The number of nitrogens with one attached hydrogen (secondary N) is 2. The number of urea groups is 1. The summed E-state index contributed by atoms with van der Waals surface area (Å²) >= 11 is 0. The van der Waals surface area contributed by atoms with Crippen LogP contribution >= 0.6 is 0 Å². The van der Waals surface area contributed by atoms with Crippen molar-refractivity contribution in [2.24, 2.45) is 0 Å². The first-order chi connectivity index (χ1) is 12.9. The molecule has 5 heteroatoms. The van der Waals surface area contributed by atoms with Crippen LogP contribution in [0.1, 0.15) is 38.3 Å². The molecule has 5 nitrogen and oxygen atoms in total. The van der Waals surface area contributed by atoms with Crippen LogP contribution in [0, 0.1) is 0 Å². The van der Waals surface area contributed by atoms with E-state index in [0.29, 0.717) is 26.3 Å². The van der Waals surface area contributed by atoms with Gasteiger partial charge in [0.2, 0.25) is 0 Å². The maximum absolute atomic E-state index is 11.9. The van der Waals surface area contributed by atoms with Gasteiger partial charge in [-0.05, 0) is 50.5 Å². The van der Waals surface area contributed by atoms with Crippen molar-refractivity contribution in [3.63, 3.8) is 0 Å². The first kappa shape index (κ1) is 20.8. The molecule has 0 aromatic heterocycles. The molecule has 27 heavy (non-hydrogen) atoms. The zero-order chi connectivity index (χ0) is 19.5. The molecule has 2 aromatic carbocycles. The number of rotatable bonds is 9. The Morgan fingerprint density at radius 1 is 0.963 bits per heavy atom. The molecule has 0 aliphatic heterocycles. The summed E-state index contributed by atoms with van der Waals surface area (Å²) in [5.74, 6) is 0.845. The summed E-state index contributed by atoms with van der Waals surface area (Å²) in [7, 11) is 0. The highest BCUT2D eigenvalue weighted by molar-refractivity contribution is 5.73. The largest absolute Gasteiger partial charge is 0.494 e. The van der Waals surface area contributed by atoms with E-state index in [4.69, 9.17) is 9.47 Å². The van der Waals surface area contributed by atoms with E-state index >= 15 is 0 Å². The van der Waals surface area contributed by atoms with Crippen LogP contribution in [-0.4, -0.2) is 24.8 Å². The molecule has 0 spiro atoms. The SMILES string of the molecule is CC(C)(C)OCc1cccc(CNC(=O)NCCCOc2ccccc2)c1. The Morgan fingerprint density at radius 3 is 2.44 bits per heavy atom. The lowest BCUT2D eigenvalue weighted by Gasteiger charge is -2.19. The number of amides is 2. The van der Waals surface area contributed by atoms with E-state index in [-0.39, 0.29) is 11.6 Å². The monoisotopic (exact) mass is 370 g/mol. The van der Waals surface area contributed by atoms with Crippen molar-refractivity contribution in [3.05, 3.63) is 65.7 Å². The van der Waals surface area contributed by atoms with Gasteiger partial charge in [0.1, 0.15) is 5.75 Å². The molecular formula is C22H30N2O3. The van der Waals surface area contributed by atoms with E-state index in [1.165, 1.54) is 0 Å². The third-order valence-electron chi connectivity index (χ3n) is 3.73. The lowest BCUT2D eigenvalue weighted by atomic mass is 10.1. The fourth-order valence-corrected chi connectivity index (χ4v) is 2.35. The Morgan fingerprint density at radius 2 is 1.70 bits per heavy atom. The van der Waals surface area contributed by atoms with Crippen molar-refractivity contribution >= 4 is 6.03 Å². The summed E-state index contributed by atoms with van der Waals surface area (Å²) in [4.78, 5) is 11.9. The van der Waals surface area contributed by atoms with Gasteiger partial charge in [-0.1, -0.05) is 42.5 Å². The van der Waals surface area contributed by atoms with Crippen LogP contribution in [0.25, 0.3) is 0 Å². The highest BCUT2D eigenvalue weighted by atomic mass is 16.5. The molecule has 0 radical (unpaired) electrons. The Kier molecular flexibility index (Phi) is 8.14. The summed E-state index contributed by atoms with van der Waals surface area (Å²) in [6, 6.07) is 17.5. The topological polar surface area (TPSA) is 59.6 Å². The molecule has 0 aliphatic carbocycles. The van der Waals surface area contributed by atoms with Gasteiger partial charge < -0.3 is 20.1 Å². The third-order valence-corrected chi connectivity index (χ3v) is 3.73. The highest BCUT2D eigenvalue weighted by Gasteiger charge is 2.10. The number of carbonyl (C=O) groups is 1. The number of ether oxygens (including phenoxy) is 2. The number of benzene rings is 2. The minimum atomic E-state index is -0.175. The second kappa shape index (κ2) is 10.6. The molecule has 0 unspecified atom stereocenters. The first-order valence-corrected chi connectivity index (χ1v) is 9.34. The van der Waals surface area contributed by atoms with Crippen molar-refractivity contribution in [1.29, 1.82) is 0 Å². The van der Waals surface area contributed by atoms with Crippen LogP contribution in [0.5, 0.6) is 5.75 Å². The summed E-state index contributed by atoms with van der Waals surface area (Å²) in [5.41, 5.74) is 1.98. The van der Waals surface area contributed by atoms with Crippen LogP contribution in [0.3, 0.4) is 0 Å². The summed E-state index contributed by atoms with van der Waals surface area (Å²) < 4.78 is 11.4. The quantitative estimate of drug-likeness (QED) is 0.648. The molecule has 2 rings (SSSR count). The normalized spacial score (nSPS) is 11.1. The van der Waals surface area contributed by atoms with Crippen LogP contribution in [-0.2, 0) is 17.9 Å². The van der Waals surface area contributed by atoms with Gasteiger partial charge in [-0.15, -0.1) is 0 Å². The molecule has 0 fully saturated rings. The van der Waals surface area contributed by atoms with Gasteiger partial charge in [0.15, 0.2) is 0 Å². The lowest BCUT2D eigenvalue weighted by Crippen LogP contribution is -2.36.